The van der Waals surface area contributed by atoms with Crippen LogP contribution in [0.25, 0.3) is 11.5 Å². The quantitative estimate of drug-likeness (QED) is 0.367. The summed E-state index contributed by atoms with van der Waals surface area (Å²) in [6, 6.07) is 8.61. The topological polar surface area (TPSA) is 101 Å². The second-order valence-corrected chi connectivity index (χ2v) is 6.56. The predicted molar refractivity (Wildman–Crippen MR) is 92.6 cm³/mol. The molecular weight excluding hydrogens is 377 g/mol. The molecular formula is C17H12FN3O5S. The third kappa shape index (κ3) is 3.76. The van der Waals surface area contributed by atoms with Gasteiger partial charge in [-0.15, -0.1) is 10.2 Å². The van der Waals surface area contributed by atoms with E-state index in [0.717, 1.165) is 0 Å². The Morgan fingerprint density at radius 3 is 2.81 bits per heavy atom. The average molecular weight is 389 g/mol. The molecule has 1 aliphatic heterocycles. The summed E-state index contributed by atoms with van der Waals surface area (Å²) in [5, 5.41) is 19.3. The fourth-order valence-electron chi connectivity index (χ4n) is 2.61. The molecule has 0 unspecified atom stereocenters. The lowest BCUT2D eigenvalue weighted by Gasteiger charge is -2.20. The van der Waals surface area contributed by atoms with Gasteiger partial charge in [0.2, 0.25) is 5.89 Å². The van der Waals surface area contributed by atoms with E-state index in [4.69, 9.17) is 13.9 Å². The van der Waals surface area contributed by atoms with Crippen LogP contribution in [0.15, 0.2) is 46.0 Å². The molecule has 2 heterocycles. The molecule has 1 aromatic heterocycles. The first kappa shape index (κ1) is 17.4. The molecule has 0 aliphatic carbocycles. The van der Waals surface area contributed by atoms with E-state index >= 15 is 0 Å². The van der Waals surface area contributed by atoms with Crippen molar-refractivity contribution < 1.29 is 23.2 Å². The van der Waals surface area contributed by atoms with Crippen LogP contribution in [-0.2, 0) is 17.1 Å². The Bertz CT molecular complexity index is 993. The molecule has 0 spiro atoms. The maximum absolute atomic E-state index is 13.0. The number of fused-ring (bicyclic) bond motifs is 1. The Labute approximate surface area is 156 Å². The van der Waals surface area contributed by atoms with E-state index in [1.165, 1.54) is 36.0 Å². The fraction of sp³-hybridized carbons (Fsp3) is 0.176. The monoisotopic (exact) mass is 389 g/mol. The predicted octanol–water partition coefficient (Wildman–Crippen LogP) is 3.94. The maximum Gasteiger partial charge on any atom is 0.277 e. The van der Waals surface area contributed by atoms with Crippen molar-refractivity contribution in [3.63, 3.8) is 0 Å². The molecule has 3 aromatic rings. The lowest BCUT2D eigenvalue weighted by molar-refractivity contribution is -0.385. The summed E-state index contributed by atoms with van der Waals surface area (Å²) in [4.78, 5) is 10.7. The van der Waals surface area contributed by atoms with Crippen LogP contribution in [0.1, 0.15) is 11.1 Å². The van der Waals surface area contributed by atoms with E-state index in [9.17, 15) is 14.5 Å². The van der Waals surface area contributed by atoms with Crippen molar-refractivity contribution in [3.05, 3.63) is 63.5 Å². The number of nitro groups is 1. The van der Waals surface area contributed by atoms with Gasteiger partial charge in [0, 0.05) is 34.6 Å². The van der Waals surface area contributed by atoms with Gasteiger partial charge in [0.25, 0.3) is 10.9 Å². The van der Waals surface area contributed by atoms with E-state index in [-0.39, 0.29) is 30.8 Å². The number of benzene rings is 2. The SMILES string of the molecule is O=[N+]([O-])c1cc2c(c(CSc3nnc(-c4ccc(F)cc4)o3)c1)OCOC2. The Morgan fingerprint density at radius 1 is 1.22 bits per heavy atom. The number of halogens is 1. The Balaban J connectivity index is 1.54. The highest BCUT2D eigenvalue weighted by Gasteiger charge is 2.21. The highest BCUT2D eigenvalue weighted by Crippen LogP contribution is 2.36. The largest absolute Gasteiger partial charge is 0.467 e. The van der Waals surface area contributed by atoms with Crippen molar-refractivity contribution in [2.45, 2.75) is 17.6 Å². The third-order valence-electron chi connectivity index (χ3n) is 3.83. The van der Waals surface area contributed by atoms with Gasteiger partial charge in [0.15, 0.2) is 6.79 Å². The van der Waals surface area contributed by atoms with Crippen LogP contribution in [0.2, 0.25) is 0 Å². The van der Waals surface area contributed by atoms with Crippen molar-refractivity contribution in [2.24, 2.45) is 0 Å². The molecule has 0 N–H and O–H groups in total. The zero-order chi connectivity index (χ0) is 18.8. The number of non-ortho nitro benzene ring substituents is 1. The Kier molecular flexibility index (Phi) is 4.73. The smallest absolute Gasteiger partial charge is 0.277 e. The second-order valence-electron chi connectivity index (χ2n) is 5.63. The minimum Gasteiger partial charge on any atom is -0.467 e. The highest BCUT2D eigenvalue weighted by molar-refractivity contribution is 7.98. The molecule has 0 bridgehead atoms. The molecule has 27 heavy (non-hydrogen) atoms. The zero-order valence-corrected chi connectivity index (χ0v) is 14.6. The number of hydrogen-bond acceptors (Lipinski definition) is 8. The molecule has 1 aliphatic rings. The lowest BCUT2D eigenvalue weighted by atomic mass is 10.1. The number of aromatic nitrogens is 2. The number of rotatable bonds is 5. The summed E-state index contributed by atoms with van der Waals surface area (Å²) in [7, 11) is 0. The zero-order valence-electron chi connectivity index (χ0n) is 13.8. The van der Waals surface area contributed by atoms with Crippen molar-refractivity contribution in [2.75, 3.05) is 6.79 Å². The van der Waals surface area contributed by atoms with E-state index in [0.29, 0.717) is 33.4 Å². The van der Waals surface area contributed by atoms with Gasteiger partial charge in [0.1, 0.15) is 11.6 Å². The van der Waals surface area contributed by atoms with Crippen LogP contribution < -0.4 is 4.74 Å². The van der Waals surface area contributed by atoms with Gasteiger partial charge >= 0.3 is 0 Å². The average Bonchev–Trinajstić information content (AvgIpc) is 3.15. The van der Waals surface area contributed by atoms with Gasteiger partial charge in [0.05, 0.1) is 11.5 Å². The van der Waals surface area contributed by atoms with Crippen LogP contribution in [0.4, 0.5) is 10.1 Å². The summed E-state index contributed by atoms with van der Waals surface area (Å²) in [5.74, 6) is 0.836. The molecule has 8 nitrogen and oxygen atoms in total. The van der Waals surface area contributed by atoms with Gasteiger partial charge in [-0.1, -0.05) is 11.8 Å². The van der Waals surface area contributed by atoms with Crippen LogP contribution in [0.5, 0.6) is 5.75 Å². The molecule has 0 saturated carbocycles. The van der Waals surface area contributed by atoms with Crippen molar-refractivity contribution in [3.8, 4) is 17.2 Å². The van der Waals surface area contributed by atoms with Gasteiger partial charge in [-0.05, 0) is 24.3 Å². The van der Waals surface area contributed by atoms with Gasteiger partial charge in [-0.2, -0.15) is 0 Å². The van der Waals surface area contributed by atoms with E-state index < -0.39 is 4.92 Å². The first-order valence-corrected chi connectivity index (χ1v) is 8.81. The summed E-state index contributed by atoms with van der Waals surface area (Å²) in [6.45, 7) is 0.349. The minimum atomic E-state index is -0.456. The van der Waals surface area contributed by atoms with Crippen LogP contribution in [-0.4, -0.2) is 21.9 Å². The third-order valence-corrected chi connectivity index (χ3v) is 4.70. The maximum atomic E-state index is 13.0. The molecule has 0 atom stereocenters. The normalized spacial score (nSPS) is 13.1. The number of ether oxygens (including phenoxy) is 2. The van der Waals surface area contributed by atoms with Crippen molar-refractivity contribution in [1.29, 1.82) is 0 Å². The first-order valence-electron chi connectivity index (χ1n) is 7.83. The number of thioether (sulfide) groups is 1. The number of nitrogens with zero attached hydrogens (tertiary/aromatic N) is 3. The fourth-order valence-corrected chi connectivity index (χ4v) is 3.34. The molecule has 2 aromatic carbocycles. The van der Waals surface area contributed by atoms with E-state index in [1.54, 1.807) is 12.1 Å². The summed E-state index contributed by atoms with van der Waals surface area (Å²) in [5.41, 5.74) is 1.84. The molecule has 0 radical (unpaired) electrons. The molecule has 0 saturated heterocycles. The van der Waals surface area contributed by atoms with Crippen LogP contribution in [0.3, 0.4) is 0 Å². The number of nitro benzene ring substituents is 1. The summed E-state index contributed by atoms with van der Waals surface area (Å²) in [6.07, 6.45) is 0. The van der Waals surface area contributed by atoms with Crippen molar-refractivity contribution in [1.82, 2.24) is 10.2 Å². The first-order chi connectivity index (χ1) is 13.1. The second kappa shape index (κ2) is 7.33. The summed E-state index contributed by atoms with van der Waals surface area (Å²) >= 11 is 1.23. The standard InChI is InChI=1S/C17H12FN3O5S/c18-13-3-1-10(2-4-13)16-19-20-17(26-16)27-8-12-6-14(21(22)23)5-11-7-24-9-25-15(11)12/h1-6H,7-9H2. The van der Waals surface area contributed by atoms with Gasteiger partial charge < -0.3 is 13.9 Å². The molecule has 138 valence electrons. The van der Waals surface area contributed by atoms with Gasteiger partial charge in [-0.25, -0.2) is 4.39 Å². The van der Waals surface area contributed by atoms with Crippen LogP contribution in [0, 0.1) is 15.9 Å². The minimum absolute atomic E-state index is 0.0315. The van der Waals surface area contributed by atoms with E-state index in [2.05, 4.69) is 10.2 Å². The molecule has 10 heteroatoms. The number of hydrogen-bond donors (Lipinski definition) is 0. The van der Waals surface area contributed by atoms with E-state index in [1.807, 2.05) is 0 Å². The van der Waals surface area contributed by atoms with Gasteiger partial charge in [-0.3, -0.25) is 10.1 Å². The molecule has 0 fully saturated rings. The van der Waals surface area contributed by atoms with Crippen molar-refractivity contribution >= 4 is 17.4 Å². The van der Waals surface area contributed by atoms with Crippen LogP contribution >= 0.6 is 11.8 Å². The molecule has 4 rings (SSSR count). The lowest BCUT2D eigenvalue weighted by Crippen LogP contribution is -2.13. The summed E-state index contributed by atoms with van der Waals surface area (Å²) < 4.78 is 29.3. The Hall–Kier alpha value is -2.98. The highest BCUT2D eigenvalue weighted by atomic mass is 32.2. The Morgan fingerprint density at radius 2 is 2.04 bits per heavy atom. The molecule has 0 amide bonds.